The number of rotatable bonds is 7. The molecule has 0 aliphatic heterocycles. The van der Waals surface area contributed by atoms with E-state index in [-0.39, 0.29) is 12.3 Å². The highest BCUT2D eigenvalue weighted by molar-refractivity contribution is 5.81. The van der Waals surface area contributed by atoms with Crippen LogP contribution in [0.2, 0.25) is 0 Å². The lowest BCUT2D eigenvalue weighted by atomic mass is 10.1. The molecule has 1 atom stereocenters. The Hall–Kier alpha value is -1.89. The van der Waals surface area contributed by atoms with Gasteiger partial charge < -0.3 is 21.1 Å². The second-order valence-corrected chi connectivity index (χ2v) is 3.66. The number of carbonyl (C=O) groups is 2. The van der Waals surface area contributed by atoms with Gasteiger partial charge >= 0.3 is 5.97 Å². The SMILES string of the molecule is N[C@@H](Cc1c[nH]cn1)C(=O)NCCCC(=O)O. The Bertz CT molecular complexity index is 364. The van der Waals surface area contributed by atoms with E-state index < -0.39 is 12.0 Å². The van der Waals surface area contributed by atoms with E-state index >= 15 is 0 Å². The third-order valence-corrected chi connectivity index (χ3v) is 2.19. The zero-order chi connectivity index (χ0) is 12.7. The van der Waals surface area contributed by atoms with Crippen molar-refractivity contribution in [3.8, 4) is 0 Å². The van der Waals surface area contributed by atoms with Crippen molar-refractivity contribution < 1.29 is 14.7 Å². The molecule has 1 aromatic heterocycles. The van der Waals surface area contributed by atoms with Gasteiger partial charge in [0.2, 0.25) is 5.91 Å². The normalized spacial score (nSPS) is 12.1. The van der Waals surface area contributed by atoms with Crippen molar-refractivity contribution in [2.24, 2.45) is 5.73 Å². The molecule has 7 heteroatoms. The highest BCUT2D eigenvalue weighted by Crippen LogP contribution is 1.96. The molecule has 0 bridgehead atoms. The molecule has 1 heterocycles. The van der Waals surface area contributed by atoms with Crippen molar-refractivity contribution in [3.05, 3.63) is 18.2 Å². The number of aromatic amines is 1. The van der Waals surface area contributed by atoms with Gasteiger partial charge in [0.15, 0.2) is 0 Å². The number of H-pyrrole nitrogens is 1. The molecule has 0 aliphatic carbocycles. The van der Waals surface area contributed by atoms with Crippen LogP contribution < -0.4 is 11.1 Å². The van der Waals surface area contributed by atoms with Gasteiger partial charge in [-0.2, -0.15) is 0 Å². The van der Waals surface area contributed by atoms with Crippen LogP contribution in [0, 0.1) is 0 Å². The number of hydrogen-bond donors (Lipinski definition) is 4. The van der Waals surface area contributed by atoms with Crippen LogP contribution in [0.15, 0.2) is 12.5 Å². The van der Waals surface area contributed by atoms with E-state index in [0.29, 0.717) is 19.4 Å². The minimum atomic E-state index is -0.875. The molecule has 5 N–H and O–H groups in total. The van der Waals surface area contributed by atoms with E-state index in [1.54, 1.807) is 6.20 Å². The van der Waals surface area contributed by atoms with Crippen molar-refractivity contribution in [2.75, 3.05) is 6.54 Å². The van der Waals surface area contributed by atoms with E-state index in [9.17, 15) is 9.59 Å². The van der Waals surface area contributed by atoms with Crippen LogP contribution in [0.5, 0.6) is 0 Å². The number of aliphatic carboxylic acids is 1. The predicted octanol–water partition coefficient (Wildman–Crippen LogP) is -0.740. The minimum Gasteiger partial charge on any atom is -0.481 e. The largest absolute Gasteiger partial charge is 0.481 e. The summed E-state index contributed by atoms with van der Waals surface area (Å²) in [5.41, 5.74) is 6.39. The maximum Gasteiger partial charge on any atom is 0.303 e. The quantitative estimate of drug-likeness (QED) is 0.468. The van der Waals surface area contributed by atoms with Gasteiger partial charge in [0.25, 0.3) is 0 Å². The number of carboxylic acid groups (broad SMARTS) is 1. The first-order valence-electron chi connectivity index (χ1n) is 5.32. The molecule has 0 unspecified atom stereocenters. The summed E-state index contributed by atoms with van der Waals surface area (Å²) >= 11 is 0. The number of imidazole rings is 1. The summed E-state index contributed by atoms with van der Waals surface area (Å²) in [6, 6.07) is -0.664. The maximum atomic E-state index is 11.5. The monoisotopic (exact) mass is 240 g/mol. The molecule has 0 saturated heterocycles. The first kappa shape index (κ1) is 13.2. The Kier molecular flexibility index (Phi) is 5.15. The zero-order valence-corrected chi connectivity index (χ0v) is 9.35. The van der Waals surface area contributed by atoms with Crippen LogP contribution in [-0.4, -0.2) is 39.5 Å². The Morgan fingerprint density at radius 3 is 2.94 bits per heavy atom. The van der Waals surface area contributed by atoms with Gasteiger partial charge in [0.05, 0.1) is 18.1 Å². The van der Waals surface area contributed by atoms with Gasteiger partial charge in [0, 0.05) is 25.6 Å². The average molecular weight is 240 g/mol. The summed E-state index contributed by atoms with van der Waals surface area (Å²) in [6.07, 6.45) is 3.99. The molecule has 0 saturated carbocycles. The highest BCUT2D eigenvalue weighted by Gasteiger charge is 2.14. The minimum absolute atomic E-state index is 0.0366. The van der Waals surface area contributed by atoms with Gasteiger partial charge in [-0.15, -0.1) is 0 Å². The fourth-order valence-corrected chi connectivity index (χ4v) is 1.30. The lowest BCUT2D eigenvalue weighted by Gasteiger charge is -2.10. The van der Waals surface area contributed by atoms with Crippen molar-refractivity contribution in [2.45, 2.75) is 25.3 Å². The standard InChI is InChI=1S/C10H16N4O3/c11-8(4-7-5-12-6-14-7)10(17)13-3-1-2-9(15)16/h5-6,8H,1-4,11H2,(H,12,14)(H,13,17)(H,15,16)/t8-/m0/s1. The van der Waals surface area contributed by atoms with Crippen molar-refractivity contribution >= 4 is 11.9 Å². The van der Waals surface area contributed by atoms with Gasteiger partial charge in [-0.3, -0.25) is 9.59 Å². The topological polar surface area (TPSA) is 121 Å². The Balaban J connectivity index is 2.20. The van der Waals surface area contributed by atoms with Gasteiger partial charge in [-0.25, -0.2) is 4.98 Å². The lowest BCUT2D eigenvalue weighted by molar-refractivity contribution is -0.137. The Morgan fingerprint density at radius 2 is 2.35 bits per heavy atom. The van der Waals surface area contributed by atoms with Crippen molar-refractivity contribution in [1.82, 2.24) is 15.3 Å². The van der Waals surface area contributed by atoms with Crippen LogP contribution in [0.25, 0.3) is 0 Å². The Labute approximate surface area is 98.4 Å². The third-order valence-electron chi connectivity index (χ3n) is 2.19. The molecule has 0 fully saturated rings. The molecule has 17 heavy (non-hydrogen) atoms. The lowest BCUT2D eigenvalue weighted by Crippen LogP contribution is -2.42. The van der Waals surface area contributed by atoms with E-state index in [1.165, 1.54) is 6.33 Å². The fraction of sp³-hybridized carbons (Fsp3) is 0.500. The number of amides is 1. The summed E-state index contributed by atoms with van der Waals surface area (Å²) in [4.78, 5) is 28.5. The number of nitrogens with one attached hydrogen (secondary N) is 2. The van der Waals surface area contributed by atoms with E-state index in [1.807, 2.05) is 0 Å². The average Bonchev–Trinajstić information content (AvgIpc) is 2.76. The number of nitrogens with two attached hydrogens (primary N) is 1. The smallest absolute Gasteiger partial charge is 0.303 e. The first-order chi connectivity index (χ1) is 8.09. The summed E-state index contributed by atoms with van der Waals surface area (Å²) in [6.45, 7) is 0.319. The summed E-state index contributed by atoms with van der Waals surface area (Å²) in [7, 11) is 0. The molecule has 94 valence electrons. The fourth-order valence-electron chi connectivity index (χ4n) is 1.30. The number of nitrogens with zero attached hydrogens (tertiary/aromatic N) is 1. The van der Waals surface area contributed by atoms with E-state index in [0.717, 1.165) is 5.69 Å². The molecule has 1 rings (SSSR count). The second kappa shape index (κ2) is 6.64. The van der Waals surface area contributed by atoms with Crippen LogP contribution in [0.1, 0.15) is 18.5 Å². The molecule has 1 aromatic rings. The van der Waals surface area contributed by atoms with Gasteiger partial charge in [0.1, 0.15) is 0 Å². The first-order valence-corrected chi connectivity index (χ1v) is 5.32. The van der Waals surface area contributed by atoms with Crippen LogP contribution >= 0.6 is 0 Å². The molecule has 0 spiro atoms. The van der Waals surface area contributed by atoms with Crippen molar-refractivity contribution in [3.63, 3.8) is 0 Å². The number of aromatic nitrogens is 2. The van der Waals surface area contributed by atoms with E-state index in [4.69, 9.17) is 10.8 Å². The third kappa shape index (κ3) is 5.12. The van der Waals surface area contributed by atoms with Crippen LogP contribution in [0.3, 0.4) is 0 Å². The van der Waals surface area contributed by atoms with Crippen LogP contribution in [0.4, 0.5) is 0 Å². The van der Waals surface area contributed by atoms with Crippen molar-refractivity contribution in [1.29, 1.82) is 0 Å². The number of carbonyl (C=O) groups excluding carboxylic acids is 1. The highest BCUT2D eigenvalue weighted by atomic mass is 16.4. The molecule has 0 aromatic carbocycles. The van der Waals surface area contributed by atoms with Gasteiger partial charge in [-0.1, -0.05) is 0 Å². The van der Waals surface area contributed by atoms with Gasteiger partial charge in [-0.05, 0) is 6.42 Å². The molecule has 0 aliphatic rings. The number of carboxylic acids is 1. The molecular formula is C10H16N4O3. The summed E-state index contributed by atoms with van der Waals surface area (Å²) in [5.74, 6) is -1.17. The van der Waals surface area contributed by atoms with E-state index in [2.05, 4.69) is 15.3 Å². The molecular weight excluding hydrogens is 224 g/mol. The molecule has 1 amide bonds. The zero-order valence-electron chi connectivity index (χ0n) is 9.35. The molecule has 0 radical (unpaired) electrons. The van der Waals surface area contributed by atoms with Crippen LogP contribution in [-0.2, 0) is 16.0 Å². The predicted molar refractivity (Wildman–Crippen MR) is 60.1 cm³/mol. The summed E-state index contributed by atoms with van der Waals surface area (Å²) in [5, 5.41) is 11.0. The maximum absolute atomic E-state index is 11.5. The second-order valence-electron chi connectivity index (χ2n) is 3.66. The molecule has 7 nitrogen and oxygen atoms in total. The Morgan fingerprint density at radius 1 is 1.59 bits per heavy atom. The summed E-state index contributed by atoms with van der Waals surface area (Å²) < 4.78 is 0. The number of hydrogen-bond acceptors (Lipinski definition) is 4.